The Morgan fingerprint density at radius 2 is 1.38 bits per heavy atom. The zero-order valence-electron chi connectivity index (χ0n) is 37.5. The Morgan fingerprint density at radius 1 is 0.727 bits per heavy atom. The molecular formula is C50H60F2N8O6. The maximum atomic E-state index is 15.1. The summed E-state index contributed by atoms with van der Waals surface area (Å²) in [6.07, 6.45) is 8.16. The van der Waals surface area contributed by atoms with Crippen LogP contribution in [0.2, 0.25) is 0 Å². The fraction of sp³-hybridized carbons (Fsp3) is 0.520. The van der Waals surface area contributed by atoms with Crippen LogP contribution in [0, 0.1) is 17.6 Å². The van der Waals surface area contributed by atoms with Gasteiger partial charge in [0, 0.05) is 83.2 Å². The van der Waals surface area contributed by atoms with Crippen LogP contribution in [-0.2, 0) is 20.7 Å². The molecule has 16 heteroatoms. The fourth-order valence-electron chi connectivity index (χ4n) is 10.4. The summed E-state index contributed by atoms with van der Waals surface area (Å²) in [5, 5.41) is 14.2. The molecule has 14 nitrogen and oxygen atoms in total. The van der Waals surface area contributed by atoms with Crippen molar-refractivity contribution in [1.82, 2.24) is 40.4 Å². The number of hydrogen-bond acceptors (Lipinski definition) is 9. The maximum absolute atomic E-state index is 15.1. The third-order valence-electron chi connectivity index (χ3n) is 14.5. The van der Waals surface area contributed by atoms with Gasteiger partial charge in [-0.25, -0.2) is 13.9 Å². The Balaban J connectivity index is 0.709. The number of hydrogen-bond donors (Lipinski definition) is 3. The van der Waals surface area contributed by atoms with E-state index in [1.165, 1.54) is 12.1 Å². The first-order valence-electron chi connectivity index (χ1n) is 23.9. The summed E-state index contributed by atoms with van der Waals surface area (Å²) in [4.78, 5) is 74.3. The second-order valence-corrected chi connectivity index (χ2v) is 18.8. The number of fused-ring (bicyclic) bond motifs is 1. The van der Waals surface area contributed by atoms with Gasteiger partial charge in [-0.2, -0.15) is 5.10 Å². The van der Waals surface area contributed by atoms with E-state index in [0.717, 1.165) is 76.7 Å². The van der Waals surface area contributed by atoms with Gasteiger partial charge in [0.2, 0.25) is 11.8 Å². The number of ether oxygens (including phenoxy) is 1. The van der Waals surface area contributed by atoms with Crippen molar-refractivity contribution in [3.63, 3.8) is 0 Å². The first kappa shape index (κ1) is 45.6. The van der Waals surface area contributed by atoms with Gasteiger partial charge in [0.15, 0.2) is 0 Å². The topological polar surface area (TPSA) is 160 Å². The minimum Gasteiger partial charge on any atom is -0.375 e. The number of piperazine rings is 1. The first-order valence-corrected chi connectivity index (χ1v) is 23.9. The molecule has 0 unspecified atom stereocenters. The van der Waals surface area contributed by atoms with E-state index in [1.54, 1.807) is 46.2 Å². The SMILES string of the molecule is O=C(N[C@@H](C(=O)N1CCC(OC2CCN(CC(=O)N3CCN(C(=O)c4cc(Cc5n[nH]c(=O)c6ccccc56)ccc4F)CC3)CC2)CC1)C1CCCCC1)c1cc(C2CNC2)ccc1F. The quantitative estimate of drug-likeness (QED) is 0.185. The van der Waals surface area contributed by atoms with E-state index >= 15 is 4.39 Å². The van der Waals surface area contributed by atoms with Crippen molar-refractivity contribution in [2.75, 3.05) is 72.0 Å². The second-order valence-electron chi connectivity index (χ2n) is 18.8. The van der Waals surface area contributed by atoms with Crippen LogP contribution < -0.4 is 16.2 Å². The number of amides is 4. The van der Waals surface area contributed by atoms with Crippen LogP contribution in [0.25, 0.3) is 10.8 Å². The van der Waals surface area contributed by atoms with Crippen LogP contribution in [0.4, 0.5) is 8.78 Å². The van der Waals surface area contributed by atoms with E-state index in [9.17, 15) is 28.4 Å². The molecule has 1 aliphatic carbocycles. The average Bonchev–Trinajstić information content (AvgIpc) is 3.33. The average molecular weight is 907 g/mol. The van der Waals surface area contributed by atoms with Crippen molar-refractivity contribution in [2.45, 2.75) is 88.4 Å². The summed E-state index contributed by atoms with van der Waals surface area (Å²) < 4.78 is 36.6. The Bertz CT molecular complexity index is 2470. The highest BCUT2D eigenvalue weighted by molar-refractivity contribution is 5.98. The zero-order chi connectivity index (χ0) is 45.7. The molecular weight excluding hydrogens is 847 g/mol. The summed E-state index contributed by atoms with van der Waals surface area (Å²) in [7, 11) is 0. The summed E-state index contributed by atoms with van der Waals surface area (Å²) in [5.41, 5.74) is 1.90. The predicted octanol–water partition coefficient (Wildman–Crippen LogP) is 4.61. The summed E-state index contributed by atoms with van der Waals surface area (Å²) in [6.45, 7) is 5.68. The number of nitrogens with one attached hydrogen (secondary N) is 3. The molecule has 350 valence electrons. The van der Waals surface area contributed by atoms with Crippen molar-refractivity contribution < 1.29 is 32.7 Å². The molecule has 0 spiro atoms. The molecule has 4 amide bonds. The van der Waals surface area contributed by atoms with Crippen molar-refractivity contribution in [3.8, 4) is 0 Å². The van der Waals surface area contributed by atoms with E-state index in [2.05, 4.69) is 25.7 Å². The number of aromatic nitrogens is 2. The van der Waals surface area contributed by atoms with Gasteiger partial charge in [0.25, 0.3) is 17.4 Å². The normalized spacial score (nSPS) is 20.0. The van der Waals surface area contributed by atoms with Gasteiger partial charge in [0.1, 0.15) is 17.7 Å². The van der Waals surface area contributed by atoms with Crippen LogP contribution in [0.5, 0.6) is 0 Å². The molecule has 3 N–H and O–H groups in total. The third-order valence-corrected chi connectivity index (χ3v) is 14.5. The van der Waals surface area contributed by atoms with Gasteiger partial charge >= 0.3 is 0 Å². The number of halogens is 2. The molecule has 9 rings (SSSR count). The molecule has 4 saturated heterocycles. The molecule has 4 aromatic rings. The lowest BCUT2D eigenvalue weighted by Crippen LogP contribution is -2.55. The fourth-order valence-corrected chi connectivity index (χ4v) is 10.4. The summed E-state index contributed by atoms with van der Waals surface area (Å²) in [6, 6.07) is 15.6. The van der Waals surface area contributed by atoms with Gasteiger partial charge < -0.3 is 30.1 Å². The maximum Gasteiger partial charge on any atom is 0.272 e. The molecule has 4 aliphatic heterocycles. The molecule has 5 aliphatic rings. The minimum atomic E-state index is -0.698. The highest BCUT2D eigenvalue weighted by Crippen LogP contribution is 2.30. The number of rotatable bonds is 12. The van der Waals surface area contributed by atoms with E-state index in [1.807, 2.05) is 17.0 Å². The molecule has 66 heavy (non-hydrogen) atoms. The number of nitrogens with zero attached hydrogens (tertiary/aromatic N) is 5. The number of benzene rings is 3. The van der Waals surface area contributed by atoms with Crippen LogP contribution >= 0.6 is 0 Å². The Morgan fingerprint density at radius 3 is 2.08 bits per heavy atom. The van der Waals surface area contributed by atoms with Gasteiger partial charge in [-0.3, -0.25) is 28.9 Å². The minimum absolute atomic E-state index is 0.0000883. The van der Waals surface area contributed by atoms with Crippen molar-refractivity contribution in [3.05, 3.63) is 111 Å². The van der Waals surface area contributed by atoms with Crippen LogP contribution in [0.3, 0.4) is 0 Å². The number of aromatic amines is 1. The van der Waals surface area contributed by atoms with Crippen molar-refractivity contribution >= 4 is 34.4 Å². The van der Waals surface area contributed by atoms with E-state index in [0.29, 0.717) is 80.6 Å². The number of carbonyl (C=O) groups excluding carboxylic acids is 4. The predicted molar refractivity (Wildman–Crippen MR) is 244 cm³/mol. The Hall–Kier alpha value is -5.58. The van der Waals surface area contributed by atoms with Gasteiger partial charge in [-0.1, -0.05) is 49.6 Å². The number of H-pyrrole nitrogens is 1. The molecule has 5 fully saturated rings. The molecule has 1 atom stereocenters. The number of carbonyl (C=O) groups is 4. The van der Waals surface area contributed by atoms with Crippen LogP contribution in [0.15, 0.2) is 65.5 Å². The molecule has 5 heterocycles. The standard InChI is InChI=1S/C50H60F2N8O6/c51-42-13-11-34(35-29-53-30-35)28-40(42)47(62)54-46(33-6-2-1-3-7-33)50(65)59-20-16-37(17-21-59)66-36-14-18-57(19-15-36)31-45(61)58-22-24-60(25-23-58)49(64)41-26-32(10-12-43(41)52)27-44-38-8-4-5-9-39(38)48(63)56-55-44/h4-5,8-13,26,28,33,35-37,46,53H,1-3,6-7,14-25,27,29-31H2,(H,54,62)(H,56,63)/t46-/m1/s1. The smallest absolute Gasteiger partial charge is 0.272 e. The number of likely N-dealkylation sites (tertiary alicyclic amines) is 2. The van der Waals surface area contributed by atoms with Gasteiger partial charge in [-0.05, 0) is 85.9 Å². The largest absolute Gasteiger partial charge is 0.375 e. The molecule has 1 aromatic heterocycles. The van der Waals surface area contributed by atoms with Gasteiger partial charge in [-0.15, -0.1) is 0 Å². The molecule has 0 radical (unpaired) electrons. The van der Waals surface area contributed by atoms with Crippen molar-refractivity contribution in [1.29, 1.82) is 0 Å². The molecule has 3 aromatic carbocycles. The zero-order valence-corrected chi connectivity index (χ0v) is 37.5. The second kappa shape index (κ2) is 20.5. The highest BCUT2D eigenvalue weighted by Gasteiger charge is 2.37. The van der Waals surface area contributed by atoms with E-state index < -0.39 is 29.5 Å². The lowest BCUT2D eigenvalue weighted by molar-refractivity contribution is -0.140. The molecule has 1 saturated carbocycles. The Labute approximate surface area is 383 Å². The van der Waals surface area contributed by atoms with Crippen LogP contribution in [-0.4, -0.2) is 144 Å². The monoisotopic (exact) mass is 906 g/mol. The number of piperidine rings is 2. The van der Waals surface area contributed by atoms with Crippen LogP contribution in [0.1, 0.15) is 101 Å². The van der Waals surface area contributed by atoms with Gasteiger partial charge in [0.05, 0.1) is 41.0 Å². The Kier molecular flexibility index (Phi) is 14.2. The molecule has 0 bridgehead atoms. The van der Waals surface area contributed by atoms with Crippen molar-refractivity contribution in [2.24, 2.45) is 5.92 Å². The third kappa shape index (κ3) is 10.3. The first-order chi connectivity index (χ1) is 32.1. The summed E-state index contributed by atoms with van der Waals surface area (Å²) >= 11 is 0. The highest BCUT2D eigenvalue weighted by atomic mass is 19.1. The summed E-state index contributed by atoms with van der Waals surface area (Å²) in [5.74, 6) is -1.98. The lowest BCUT2D eigenvalue weighted by atomic mass is 9.83. The lowest BCUT2D eigenvalue weighted by Gasteiger charge is -2.40. The van der Waals surface area contributed by atoms with E-state index in [4.69, 9.17) is 4.74 Å². The van der Waals surface area contributed by atoms with E-state index in [-0.39, 0.29) is 59.1 Å².